The van der Waals surface area contributed by atoms with Gasteiger partial charge in [0.1, 0.15) is 5.75 Å². The molecule has 0 aliphatic rings. The molecule has 25 heavy (non-hydrogen) atoms. The molecule has 0 saturated carbocycles. The number of carboxylic acid groups (broad SMARTS) is 2. The second-order valence-corrected chi connectivity index (χ2v) is 8.95. The van der Waals surface area contributed by atoms with Gasteiger partial charge in [-0.05, 0) is 40.9 Å². The Bertz CT molecular complexity index is 641. The predicted octanol–water partition coefficient (Wildman–Crippen LogP) is 4.19. The van der Waals surface area contributed by atoms with Crippen LogP contribution in [0.2, 0.25) is 0 Å². The molecule has 0 spiro atoms. The highest BCUT2D eigenvalue weighted by Gasteiger charge is 2.38. The van der Waals surface area contributed by atoms with Gasteiger partial charge in [-0.1, -0.05) is 53.7 Å². The number of aromatic hydroxyl groups is 1. The minimum absolute atomic E-state index is 0.0182. The molecule has 0 fully saturated rings. The van der Waals surface area contributed by atoms with Gasteiger partial charge in [-0.3, -0.25) is 9.59 Å². The standard InChI is InChI=1S/C20H30O5/c1-18(2,3)13-10-12(11-14(16(13)23)19(4,5)6)20(7,17(24)25)9-8-15(21)22/h10-11,23H,8-9H2,1-7H3,(H,21,22)(H,24,25). The predicted molar refractivity (Wildman–Crippen MR) is 97.4 cm³/mol. The molecule has 1 unspecified atom stereocenters. The fourth-order valence-corrected chi connectivity index (χ4v) is 2.83. The van der Waals surface area contributed by atoms with Crippen molar-refractivity contribution in [3.05, 3.63) is 28.8 Å². The van der Waals surface area contributed by atoms with Crippen LogP contribution in [0.25, 0.3) is 0 Å². The number of hydrogen-bond donors (Lipinski definition) is 3. The number of benzene rings is 1. The van der Waals surface area contributed by atoms with Gasteiger partial charge in [0, 0.05) is 6.42 Å². The number of carbonyl (C=O) groups is 2. The molecule has 0 aromatic heterocycles. The number of hydrogen-bond acceptors (Lipinski definition) is 3. The average Bonchev–Trinajstić information content (AvgIpc) is 2.42. The van der Waals surface area contributed by atoms with Crippen LogP contribution in [0.15, 0.2) is 12.1 Å². The summed E-state index contributed by atoms with van der Waals surface area (Å²) in [5, 5.41) is 29.5. The van der Waals surface area contributed by atoms with E-state index in [1.54, 1.807) is 19.1 Å². The second kappa shape index (κ2) is 6.70. The molecule has 0 radical (unpaired) electrons. The fourth-order valence-electron chi connectivity index (χ4n) is 2.83. The van der Waals surface area contributed by atoms with Crippen LogP contribution in [0.1, 0.15) is 78.0 Å². The summed E-state index contributed by atoms with van der Waals surface area (Å²) >= 11 is 0. The first-order valence-corrected chi connectivity index (χ1v) is 8.44. The van der Waals surface area contributed by atoms with E-state index in [0.717, 1.165) is 0 Å². The van der Waals surface area contributed by atoms with Gasteiger partial charge in [-0.25, -0.2) is 0 Å². The monoisotopic (exact) mass is 350 g/mol. The molecule has 0 heterocycles. The highest BCUT2D eigenvalue weighted by atomic mass is 16.4. The molecule has 1 aromatic rings. The molecular formula is C20H30O5. The van der Waals surface area contributed by atoms with E-state index in [9.17, 15) is 19.8 Å². The highest BCUT2D eigenvalue weighted by molar-refractivity contribution is 5.82. The van der Waals surface area contributed by atoms with E-state index >= 15 is 0 Å². The van der Waals surface area contributed by atoms with Crippen LogP contribution in [-0.2, 0) is 25.8 Å². The van der Waals surface area contributed by atoms with Crippen molar-refractivity contribution >= 4 is 11.9 Å². The zero-order valence-electron chi connectivity index (χ0n) is 16.2. The summed E-state index contributed by atoms with van der Waals surface area (Å²) < 4.78 is 0. The van der Waals surface area contributed by atoms with Crippen molar-refractivity contribution in [3.63, 3.8) is 0 Å². The van der Waals surface area contributed by atoms with E-state index in [1.807, 2.05) is 41.5 Å². The third-order valence-electron chi connectivity index (χ3n) is 4.67. The summed E-state index contributed by atoms with van der Waals surface area (Å²) in [6, 6.07) is 3.42. The molecule has 5 heteroatoms. The number of phenols is 1. The van der Waals surface area contributed by atoms with E-state index in [0.29, 0.717) is 16.7 Å². The molecule has 140 valence electrons. The van der Waals surface area contributed by atoms with E-state index in [-0.39, 0.29) is 29.4 Å². The Morgan fingerprint density at radius 3 is 1.56 bits per heavy atom. The van der Waals surface area contributed by atoms with Gasteiger partial charge in [-0.15, -0.1) is 0 Å². The maximum Gasteiger partial charge on any atom is 0.313 e. The second-order valence-electron chi connectivity index (χ2n) is 8.95. The van der Waals surface area contributed by atoms with Crippen LogP contribution in [0.5, 0.6) is 5.75 Å². The summed E-state index contributed by atoms with van der Waals surface area (Å²) in [7, 11) is 0. The SMILES string of the molecule is CC(C)(C)c1cc(C(C)(CCC(=O)O)C(=O)O)cc(C(C)(C)C)c1O. The van der Waals surface area contributed by atoms with Gasteiger partial charge in [0.05, 0.1) is 5.41 Å². The van der Waals surface area contributed by atoms with Crippen molar-refractivity contribution in [1.29, 1.82) is 0 Å². The zero-order valence-corrected chi connectivity index (χ0v) is 16.2. The summed E-state index contributed by atoms with van der Waals surface area (Å²) in [5.74, 6) is -1.92. The smallest absolute Gasteiger partial charge is 0.313 e. The lowest BCUT2D eigenvalue weighted by Gasteiger charge is -2.32. The van der Waals surface area contributed by atoms with Crippen molar-refractivity contribution in [2.24, 2.45) is 0 Å². The summed E-state index contributed by atoms with van der Waals surface area (Å²) in [6.07, 6.45) is -0.255. The third-order valence-corrected chi connectivity index (χ3v) is 4.67. The molecule has 0 amide bonds. The summed E-state index contributed by atoms with van der Waals surface area (Å²) in [6.45, 7) is 13.3. The van der Waals surface area contributed by atoms with E-state index in [1.165, 1.54) is 0 Å². The van der Waals surface area contributed by atoms with Crippen LogP contribution >= 0.6 is 0 Å². The molecule has 3 N–H and O–H groups in total. The van der Waals surface area contributed by atoms with Crippen molar-refractivity contribution in [2.45, 2.75) is 77.6 Å². The highest BCUT2D eigenvalue weighted by Crippen LogP contribution is 2.43. The van der Waals surface area contributed by atoms with Gasteiger partial charge in [0.2, 0.25) is 0 Å². The lowest BCUT2D eigenvalue weighted by molar-refractivity contribution is -0.144. The first-order valence-electron chi connectivity index (χ1n) is 8.44. The quantitative estimate of drug-likeness (QED) is 0.740. The van der Waals surface area contributed by atoms with Crippen LogP contribution in [0.3, 0.4) is 0 Å². The van der Waals surface area contributed by atoms with Crippen molar-refractivity contribution in [2.75, 3.05) is 0 Å². The molecule has 0 bridgehead atoms. The number of carboxylic acids is 2. The number of phenolic OH excluding ortho intramolecular Hbond substituents is 1. The maximum absolute atomic E-state index is 12.0. The Morgan fingerprint density at radius 1 is 0.880 bits per heavy atom. The minimum atomic E-state index is -1.34. The Balaban J connectivity index is 3.72. The van der Waals surface area contributed by atoms with Crippen LogP contribution < -0.4 is 0 Å². The van der Waals surface area contributed by atoms with Gasteiger partial charge < -0.3 is 15.3 Å². The van der Waals surface area contributed by atoms with Gasteiger partial charge in [0.25, 0.3) is 0 Å². The molecular weight excluding hydrogens is 320 g/mol. The number of aliphatic carboxylic acids is 2. The lowest BCUT2D eigenvalue weighted by Crippen LogP contribution is -2.34. The van der Waals surface area contributed by atoms with Gasteiger partial charge in [-0.2, -0.15) is 0 Å². The van der Waals surface area contributed by atoms with Crippen molar-refractivity contribution < 1.29 is 24.9 Å². The Kier molecular flexibility index (Phi) is 5.62. The average molecular weight is 350 g/mol. The van der Waals surface area contributed by atoms with Crippen LogP contribution in [0.4, 0.5) is 0 Å². The summed E-state index contributed by atoms with van der Waals surface area (Å²) in [5.41, 5.74) is -0.255. The van der Waals surface area contributed by atoms with Crippen molar-refractivity contribution in [3.8, 4) is 5.75 Å². The van der Waals surface area contributed by atoms with E-state index in [4.69, 9.17) is 5.11 Å². The Hall–Kier alpha value is -2.04. The molecule has 5 nitrogen and oxygen atoms in total. The third kappa shape index (κ3) is 4.53. The first-order chi connectivity index (χ1) is 11.1. The minimum Gasteiger partial charge on any atom is -0.507 e. The molecule has 1 aromatic carbocycles. The van der Waals surface area contributed by atoms with Gasteiger partial charge >= 0.3 is 11.9 Å². The van der Waals surface area contributed by atoms with Crippen LogP contribution in [0, 0.1) is 0 Å². The van der Waals surface area contributed by atoms with Gasteiger partial charge in [0.15, 0.2) is 0 Å². The van der Waals surface area contributed by atoms with E-state index in [2.05, 4.69) is 0 Å². The number of rotatable bonds is 5. The molecule has 0 aliphatic carbocycles. The maximum atomic E-state index is 12.0. The van der Waals surface area contributed by atoms with Crippen molar-refractivity contribution in [1.82, 2.24) is 0 Å². The lowest BCUT2D eigenvalue weighted by atomic mass is 9.72. The largest absolute Gasteiger partial charge is 0.507 e. The molecule has 0 saturated heterocycles. The molecule has 0 aliphatic heterocycles. The summed E-state index contributed by atoms with van der Waals surface area (Å²) in [4.78, 5) is 23.0. The Labute approximate surface area is 149 Å². The Morgan fingerprint density at radius 2 is 1.28 bits per heavy atom. The normalized spacial score (nSPS) is 14.8. The van der Waals surface area contributed by atoms with E-state index < -0.39 is 17.4 Å². The fraction of sp³-hybridized carbons (Fsp3) is 0.600. The molecule has 1 atom stereocenters. The van der Waals surface area contributed by atoms with Crippen LogP contribution in [-0.4, -0.2) is 27.3 Å². The first kappa shape index (κ1) is 21.0. The topological polar surface area (TPSA) is 94.8 Å². The zero-order chi connectivity index (χ0) is 19.8. The molecule has 1 rings (SSSR count).